The van der Waals surface area contributed by atoms with Crippen LogP contribution in [0.2, 0.25) is 0 Å². The van der Waals surface area contributed by atoms with Crippen LogP contribution in [-0.2, 0) is 12.8 Å². The van der Waals surface area contributed by atoms with Crippen molar-refractivity contribution in [1.82, 2.24) is 0 Å². The normalized spacial score (nSPS) is 11.6. The van der Waals surface area contributed by atoms with E-state index in [0.717, 1.165) is 12.8 Å². The van der Waals surface area contributed by atoms with Crippen LogP contribution in [0.25, 0.3) is 18.8 Å². The summed E-state index contributed by atoms with van der Waals surface area (Å²) in [6, 6.07) is 0. The lowest BCUT2D eigenvalue weighted by Crippen LogP contribution is -1.86. The molecule has 16 heavy (non-hydrogen) atoms. The van der Waals surface area contributed by atoms with Crippen molar-refractivity contribution < 1.29 is 0 Å². The van der Waals surface area contributed by atoms with Crippen LogP contribution in [0.15, 0.2) is 0 Å². The SMILES string of the molecule is CCc1c2sssc2c(CC)c2sssc12. The molecule has 0 amide bonds. The molecule has 2 aromatic heterocycles. The van der Waals surface area contributed by atoms with Crippen molar-refractivity contribution in [3.05, 3.63) is 11.1 Å². The molecule has 0 fully saturated rings. The Morgan fingerprint density at radius 2 is 0.938 bits per heavy atom. The molecule has 1 aromatic carbocycles. The lowest BCUT2D eigenvalue weighted by molar-refractivity contribution is 1.17. The zero-order valence-corrected chi connectivity index (χ0v) is 13.8. The van der Waals surface area contributed by atoms with Crippen molar-refractivity contribution in [1.29, 1.82) is 0 Å². The smallest absolute Gasteiger partial charge is 0.0615 e. The van der Waals surface area contributed by atoms with Gasteiger partial charge in [0.2, 0.25) is 0 Å². The number of hydrogen-bond donors (Lipinski definition) is 0. The van der Waals surface area contributed by atoms with Gasteiger partial charge in [0.05, 0.1) is 18.8 Å². The Morgan fingerprint density at radius 3 is 1.19 bits per heavy atom. The maximum absolute atomic E-state index is 2.28. The monoisotopic (exact) mass is 322 g/mol. The van der Waals surface area contributed by atoms with E-state index in [-0.39, 0.29) is 0 Å². The van der Waals surface area contributed by atoms with Crippen LogP contribution in [0.5, 0.6) is 0 Å². The van der Waals surface area contributed by atoms with E-state index in [4.69, 9.17) is 0 Å². The van der Waals surface area contributed by atoms with E-state index < -0.39 is 0 Å². The van der Waals surface area contributed by atoms with Gasteiger partial charge in [-0.1, -0.05) is 55.2 Å². The van der Waals surface area contributed by atoms with Gasteiger partial charge in [0.1, 0.15) is 0 Å². The third-order valence-electron chi connectivity index (χ3n) is 2.69. The fraction of sp³-hybridized carbons (Fsp3) is 0.400. The second kappa shape index (κ2) is 4.66. The summed E-state index contributed by atoms with van der Waals surface area (Å²) in [4.78, 5) is 0. The first-order chi connectivity index (χ1) is 7.86. The van der Waals surface area contributed by atoms with Crippen LogP contribution in [0, 0.1) is 0 Å². The minimum Gasteiger partial charge on any atom is -0.0680 e. The molecule has 0 N–H and O–H groups in total. The van der Waals surface area contributed by atoms with Gasteiger partial charge >= 0.3 is 0 Å². The molecule has 6 heteroatoms. The van der Waals surface area contributed by atoms with Gasteiger partial charge in [-0.3, -0.25) is 0 Å². The number of fused-ring (bicyclic) bond motifs is 2. The molecule has 0 radical (unpaired) electrons. The van der Waals surface area contributed by atoms with Gasteiger partial charge in [0, 0.05) is 0 Å². The molecule has 0 bridgehead atoms. The van der Waals surface area contributed by atoms with E-state index >= 15 is 0 Å². The van der Waals surface area contributed by atoms with Gasteiger partial charge in [-0.25, -0.2) is 0 Å². The quantitative estimate of drug-likeness (QED) is 0.466. The second-order valence-corrected chi connectivity index (χ2v) is 11.3. The summed E-state index contributed by atoms with van der Waals surface area (Å²) < 4.78 is 6.24. The van der Waals surface area contributed by atoms with Crippen LogP contribution in [-0.4, -0.2) is 0 Å². The van der Waals surface area contributed by atoms with Gasteiger partial charge < -0.3 is 0 Å². The molecule has 0 saturated heterocycles. The maximum Gasteiger partial charge on any atom is 0.0615 e. The highest BCUT2D eigenvalue weighted by atomic mass is 33.2. The Bertz CT molecular complexity index is 545. The first kappa shape index (κ1) is 11.6. The summed E-state index contributed by atoms with van der Waals surface area (Å²) >= 11 is 0. The Kier molecular flexibility index (Phi) is 3.39. The predicted molar refractivity (Wildman–Crippen MR) is 85.1 cm³/mol. The van der Waals surface area contributed by atoms with E-state index in [1.165, 1.54) is 0 Å². The van der Waals surface area contributed by atoms with Gasteiger partial charge in [-0.15, -0.1) is 0 Å². The summed E-state index contributed by atoms with van der Waals surface area (Å²) in [7, 11) is 11.7. The minimum atomic E-state index is 1.16. The Balaban J connectivity index is 2.59. The number of rotatable bonds is 2. The summed E-state index contributed by atoms with van der Waals surface area (Å²) in [5.74, 6) is 0. The van der Waals surface area contributed by atoms with Gasteiger partial charge in [-0.2, -0.15) is 0 Å². The van der Waals surface area contributed by atoms with E-state index in [0.29, 0.717) is 0 Å². The van der Waals surface area contributed by atoms with Crippen LogP contribution in [0.1, 0.15) is 25.0 Å². The molecule has 0 aliphatic heterocycles. The summed E-state index contributed by atoms with van der Waals surface area (Å²) in [6.07, 6.45) is 2.33. The van der Waals surface area contributed by atoms with Crippen molar-refractivity contribution in [2.75, 3.05) is 0 Å². The molecule has 3 rings (SSSR count). The minimum absolute atomic E-state index is 1.16. The number of hydrogen-bond acceptors (Lipinski definition) is 6. The fourth-order valence-electron chi connectivity index (χ4n) is 1.92. The standard InChI is InChI=1S/C10H10S6/c1-3-5-7-9(13-15-11-7)6(4-2)10-8(5)12-16-14-10/h3-4H2,1-2H3. The number of aryl methyl sites for hydroxylation is 2. The second-order valence-electron chi connectivity index (χ2n) is 3.45. The van der Waals surface area contributed by atoms with Crippen molar-refractivity contribution in [3.8, 4) is 0 Å². The lowest BCUT2D eigenvalue weighted by Gasteiger charge is -2.05. The molecular formula is C10H10S6. The third kappa shape index (κ3) is 1.62. The molecule has 2 heterocycles. The highest BCUT2D eigenvalue weighted by Gasteiger charge is 2.15. The van der Waals surface area contributed by atoms with Crippen molar-refractivity contribution >= 4 is 78.8 Å². The molecule has 3 aromatic rings. The maximum atomic E-state index is 2.28. The lowest BCUT2D eigenvalue weighted by atomic mass is 10.1. The first-order valence-electron chi connectivity index (χ1n) is 5.10. The summed E-state index contributed by atoms with van der Waals surface area (Å²) in [6.45, 7) is 4.56. The van der Waals surface area contributed by atoms with Crippen molar-refractivity contribution in [2.24, 2.45) is 0 Å². The largest absolute Gasteiger partial charge is 0.0680 e. The van der Waals surface area contributed by atoms with Crippen LogP contribution < -0.4 is 0 Å². The fourth-order valence-corrected chi connectivity index (χ4v) is 12.0. The Labute approximate surface area is 116 Å². The van der Waals surface area contributed by atoms with E-state index in [2.05, 4.69) is 13.8 Å². The van der Waals surface area contributed by atoms with Crippen molar-refractivity contribution in [2.45, 2.75) is 26.7 Å². The highest BCUT2D eigenvalue weighted by Crippen LogP contribution is 2.46. The zero-order valence-electron chi connectivity index (χ0n) is 8.86. The first-order valence-corrected chi connectivity index (χ1v) is 12.1. The zero-order chi connectivity index (χ0) is 11.1. The van der Waals surface area contributed by atoms with E-state index in [1.807, 2.05) is 60.0 Å². The molecule has 0 saturated carbocycles. The van der Waals surface area contributed by atoms with Gasteiger partial charge in [0.25, 0.3) is 0 Å². The molecule has 0 spiro atoms. The Hall–Kier alpha value is 0.540. The third-order valence-corrected chi connectivity index (χ3v) is 11.0. The van der Waals surface area contributed by atoms with Crippen molar-refractivity contribution in [3.63, 3.8) is 0 Å². The molecule has 0 atom stereocenters. The molecule has 0 aliphatic rings. The van der Waals surface area contributed by atoms with Crippen LogP contribution >= 0.6 is 60.0 Å². The summed E-state index contributed by atoms with van der Waals surface area (Å²) in [5, 5.41) is 0. The molecule has 0 nitrogen and oxygen atoms in total. The molecule has 0 aliphatic carbocycles. The average Bonchev–Trinajstić information content (AvgIpc) is 2.93. The van der Waals surface area contributed by atoms with Crippen LogP contribution in [0.4, 0.5) is 0 Å². The molecule has 86 valence electrons. The topological polar surface area (TPSA) is 0 Å². The van der Waals surface area contributed by atoms with Gasteiger partial charge in [-0.05, 0) is 42.7 Å². The van der Waals surface area contributed by atoms with E-state index in [1.54, 1.807) is 29.9 Å². The highest BCUT2D eigenvalue weighted by molar-refractivity contribution is 7.99. The molecular weight excluding hydrogens is 313 g/mol. The Morgan fingerprint density at radius 1 is 0.625 bits per heavy atom. The number of benzene rings is 1. The van der Waals surface area contributed by atoms with Gasteiger partial charge in [0.15, 0.2) is 0 Å². The molecule has 0 unspecified atom stereocenters. The van der Waals surface area contributed by atoms with Crippen LogP contribution in [0.3, 0.4) is 0 Å². The summed E-state index contributed by atoms with van der Waals surface area (Å²) in [5.41, 5.74) is 3.18. The predicted octanol–water partition coefficient (Wildman–Crippen LogP) is 6.61. The van der Waals surface area contributed by atoms with E-state index in [9.17, 15) is 0 Å². The average molecular weight is 323 g/mol.